The van der Waals surface area contributed by atoms with E-state index in [-0.39, 0.29) is 0 Å². The number of halogens is 1. The van der Waals surface area contributed by atoms with Gasteiger partial charge in [-0.1, -0.05) is 19.4 Å². The number of rotatable bonds is 3. The topological polar surface area (TPSA) is 25.8 Å². The van der Waals surface area contributed by atoms with Crippen LogP contribution in [0.1, 0.15) is 36.8 Å². The Hall–Kier alpha value is -0.450. The smallest absolute Gasteiger partial charge is 0.127 e. The number of unbranched alkanes of at least 4 members (excludes halogenated alkanes) is 1. The molecule has 14 heavy (non-hydrogen) atoms. The standard InChI is InChI=1S/C11H15IN2/c1-4-5-6-7-10-8(2)11(12)14-9(3)13-10/h6-7H,4-5H2,1-3H3/b7-6-. The molecule has 1 aromatic rings. The lowest BCUT2D eigenvalue weighted by Crippen LogP contribution is -1.98. The number of nitrogens with zero attached hydrogens (tertiary/aromatic N) is 2. The van der Waals surface area contributed by atoms with Crippen molar-refractivity contribution in [2.75, 3.05) is 0 Å². The van der Waals surface area contributed by atoms with Crippen LogP contribution in [0.25, 0.3) is 6.08 Å². The maximum atomic E-state index is 4.40. The molecule has 0 saturated heterocycles. The van der Waals surface area contributed by atoms with Gasteiger partial charge >= 0.3 is 0 Å². The third-order valence-corrected chi connectivity index (χ3v) is 3.02. The molecule has 1 rings (SSSR count). The van der Waals surface area contributed by atoms with E-state index >= 15 is 0 Å². The minimum absolute atomic E-state index is 0.844. The molecule has 76 valence electrons. The fraction of sp³-hybridized carbons (Fsp3) is 0.455. The SMILES string of the molecule is CCC/C=C\c1nc(C)nc(I)c1C. The summed E-state index contributed by atoms with van der Waals surface area (Å²) in [5, 5.41) is 0. The monoisotopic (exact) mass is 302 g/mol. The lowest BCUT2D eigenvalue weighted by atomic mass is 10.2. The van der Waals surface area contributed by atoms with Crippen LogP contribution in [0.15, 0.2) is 6.08 Å². The third-order valence-electron chi connectivity index (χ3n) is 1.97. The molecule has 0 unspecified atom stereocenters. The van der Waals surface area contributed by atoms with Gasteiger partial charge in [-0.15, -0.1) is 0 Å². The molecule has 0 aromatic carbocycles. The van der Waals surface area contributed by atoms with E-state index in [2.05, 4.69) is 58.6 Å². The Labute approximate surface area is 99.0 Å². The highest BCUT2D eigenvalue weighted by molar-refractivity contribution is 14.1. The van der Waals surface area contributed by atoms with E-state index in [1.165, 1.54) is 12.0 Å². The predicted molar refractivity (Wildman–Crippen MR) is 68.2 cm³/mol. The van der Waals surface area contributed by atoms with Crippen molar-refractivity contribution in [1.29, 1.82) is 0 Å². The fourth-order valence-corrected chi connectivity index (χ4v) is 1.76. The molecule has 0 saturated carbocycles. The van der Waals surface area contributed by atoms with E-state index in [0.29, 0.717) is 0 Å². The molecule has 2 nitrogen and oxygen atoms in total. The molecule has 0 amide bonds. The van der Waals surface area contributed by atoms with Crippen LogP contribution in [0, 0.1) is 17.5 Å². The number of aryl methyl sites for hydroxylation is 1. The lowest BCUT2D eigenvalue weighted by Gasteiger charge is -2.03. The summed E-state index contributed by atoms with van der Waals surface area (Å²) in [6, 6.07) is 0. The fourth-order valence-electron chi connectivity index (χ4n) is 1.14. The molecule has 0 aliphatic rings. The summed E-state index contributed by atoms with van der Waals surface area (Å²) < 4.78 is 1.05. The first-order chi connectivity index (χ1) is 6.65. The third kappa shape index (κ3) is 3.04. The zero-order chi connectivity index (χ0) is 10.6. The molecule has 0 atom stereocenters. The van der Waals surface area contributed by atoms with Crippen molar-refractivity contribution in [2.45, 2.75) is 33.6 Å². The quantitative estimate of drug-likeness (QED) is 0.631. The Morgan fingerprint density at radius 1 is 1.29 bits per heavy atom. The molecule has 0 fully saturated rings. The summed E-state index contributed by atoms with van der Waals surface area (Å²) in [6.45, 7) is 6.16. The van der Waals surface area contributed by atoms with E-state index in [0.717, 1.165) is 21.6 Å². The van der Waals surface area contributed by atoms with Gasteiger partial charge in [-0.25, -0.2) is 9.97 Å². The van der Waals surface area contributed by atoms with Crippen LogP contribution in [-0.2, 0) is 0 Å². The van der Waals surface area contributed by atoms with Crippen molar-refractivity contribution in [3.05, 3.63) is 26.9 Å². The Morgan fingerprint density at radius 2 is 2.00 bits per heavy atom. The molecule has 3 heteroatoms. The first-order valence-corrected chi connectivity index (χ1v) is 5.90. The maximum Gasteiger partial charge on any atom is 0.127 e. The average molecular weight is 302 g/mol. The normalized spacial score (nSPS) is 11.1. The van der Waals surface area contributed by atoms with Crippen LogP contribution >= 0.6 is 22.6 Å². The summed E-state index contributed by atoms with van der Waals surface area (Å²) >= 11 is 2.25. The predicted octanol–water partition coefficient (Wildman–Crippen LogP) is 3.51. The molecule has 0 radical (unpaired) electrons. The van der Waals surface area contributed by atoms with Gasteiger partial charge < -0.3 is 0 Å². The zero-order valence-corrected chi connectivity index (χ0v) is 11.0. The number of hydrogen-bond donors (Lipinski definition) is 0. The van der Waals surface area contributed by atoms with Gasteiger partial charge in [-0.2, -0.15) is 0 Å². The Morgan fingerprint density at radius 3 is 2.64 bits per heavy atom. The summed E-state index contributed by atoms with van der Waals surface area (Å²) in [7, 11) is 0. The van der Waals surface area contributed by atoms with Gasteiger partial charge in [-0.3, -0.25) is 0 Å². The van der Waals surface area contributed by atoms with E-state index in [9.17, 15) is 0 Å². The highest BCUT2D eigenvalue weighted by Crippen LogP contribution is 2.14. The summed E-state index contributed by atoms with van der Waals surface area (Å²) in [5.41, 5.74) is 2.22. The van der Waals surface area contributed by atoms with Gasteiger partial charge in [0.25, 0.3) is 0 Å². The molecule has 0 aliphatic heterocycles. The Balaban J connectivity index is 2.96. The van der Waals surface area contributed by atoms with Crippen LogP contribution in [0.5, 0.6) is 0 Å². The van der Waals surface area contributed by atoms with Gasteiger partial charge in [0.1, 0.15) is 9.53 Å². The maximum absolute atomic E-state index is 4.40. The van der Waals surface area contributed by atoms with Gasteiger partial charge in [-0.05, 0) is 48.9 Å². The van der Waals surface area contributed by atoms with Crippen LogP contribution in [-0.4, -0.2) is 9.97 Å². The van der Waals surface area contributed by atoms with E-state index < -0.39 is 0 Å². The second-order valence-corrected chi connectivity index (χ2v) is 4.28. The molecular weight excluding hydrogens is 287 g/mol. The number of hydrogen-bond acceptors (Lipinski definition) is 2. The molecule has 0 aliphatic carbocycles. The van der Waals surface area contributed by atoms with Gasteiger partial charge in [0.2, 0.25) is 0 Å². The van der Waals surface area contributed by atoms with Crippen molar-refractivity contribution in [3.8, 4) is 0 Å². The molecular formula is C11H15IN2. The van der Waals surface area contributed by atoms with Gasteiger partial charge in [0.05, 0.1) is 5.69 Å². The van der Waals surface area contributed by atoms with Crippen molar-refractivity contribution in [1.82, 2.24) is 9.97 Å². The number of allylic oxidation sites excluding steroid dienone is 1. The molecule has 0 N–H and O–H groups in total. The minimum atomic E-state index is 0.844. The molecule has 0 bridgehead atoms. The first-order valence-electron chi connectivity index (χ1n) is 4.82. The Kier molecular flexibility index (Phi) is 4.51. The van der Waals surface area contributed by atoms with E-state index in [1.807, 2.05) is 6.92 Å². The second kappa shape index (κ2) is 5.44. The van der Waals surface area contributed by atoms with Gasteiger partial charge in [0.15, 0.2) is 0 Å². The molecule has 1 aromatic heterocycles. The van der Waals surface area contributed by atoms with Crippen LogP contribution in [0.3, 0.4) is 0 Å². The summed E-state index contributed by atoms with van der Waals surface area (Å²) in [5.74, 6) is 0.844. The lowest BCUT2D eigenvalue weighted by molar-refractivity contribution is 0.958. The van der Waals surface area contributed by atoms with Crippen LogP contribution in [0.2, 0.25) is 0 Å². The average Bonchev–Trinajstić information content (AvgIpc) is 2.13. The van der Waals surface area contributed by atoms with Crippen molar-refractivity contribution >= 4 is 28.7 Å². The van der Waals surface area contributed by atoms with Crippen molar-refractivity contribution in [3.63, 3.8) is 0 Å². The highest BCUT2D eigenvalue weighted by Gasteiger charge is 2.03. The summed E-state index contributed by atoms with van der Waals surface area (Å²) in [4.78, 5) is 8.71. The van der Waals surface area contributed by atoms with Crippen molar-refractivity contribution < 1.29 is 0 Å². The van der Waals surface area contributed by atoms with E-state index in [1.54, 1.807) is 0 Å². The summed E-state index contributed by atoms with van der Waals surface area (Å²) in [6.07, 6.45) is 6.55. The van der Waals surface area contributed by atoms with Crippen LogP contribution < -0.4 is 0 Å². The second-order valence-electron chi connectivity index (χ2n) is 3.26. The van der Waals surface area contributed by atoms with E-state index in [4.69, 9.17) is 0 Å². The van der Waals surface area contributed by atoms with Crippen molar-refractivity contribution in [2.24, 2.45) is 0 Å². The molecule has 1 heterocycles. The minimum Gasteiger partial charge on any atom is -0.234 e. The van der Waals surface area contributed by atoms with Crippen LogP contribution in [0.4, 0.5) is 0 Å². The number of aromatic nitrogens is 2. The Bertz CT molecular complexity index is 345. The zero-order valence-electron chi connectivity index (χ0n) is 8.84. The van der Waals surface area contributed by atoms with Gasteiger partial charge in [0, 0.05) is 5.56 Å². The molecule has 0 spiro atoms. The first kappa shape index (κ1) is 11.6. The largest absolute Gasteiger partial charge is 0.234 e. The highest BCUT2D eigenvalue weighted by atomic mass is 127.